The van der Waals surface area contributed by atoms with Gasteiger partial charge in [0.1, 0.15) is 0 Å². The van der Waals surface area contributed by atoms with E-state index in [0.717, 1.165) is 12.1 Å². The number of hydrogen-bond donors (Lipinski definition) is 2. The molecule has 0 unspecified atom stereocenters. The van der Waals surface area contributed by atoms with Crippen molar-refractivity contribution in [2.24, 2.45) is 0 Å². The van der Waals surface area contributed by atoms with Gasteiger partial charge in [-0.25, -0.2) is 0 Å². The molecule has 2 N–H and O–H groups in total. The molecule has 0 saturated heterocycles. The third-order valence-corrected chi connectivity index (χ3v) is 2.09. The van der Waals surface area contributed by atoms with E-state index >= 15 is 0 Å². The topological polar surface area (TPSA) is 55.0 Å². The van der Waals surface area contributed by atoms with E-state index < -0.39 is 0 Å². The first-order valence-corrected chi connectivity index (χ1v) is 4.87. The standard InChI is InChI=1S/C10H14N4O/c15-6-5-14-9-10(8-12-14)7-11-13-3-1-2-4-13/h1-4,8-9,11,15H,5-7H2. The Hall–Kier alpha value is -1.75. The third kappa shape index (κ3) is 2.60. The molecule has 80 valence electrons. The van der Waals surface area contributed by atoms with Gasteiger partial charge in [-0.15, -0.1) is 0 Å². The highest BCUT2D eigenvalue weighted by Gasteiger charge is 1.97. The predicted molar refractivity (Wildman–Crippen MR) is 56.8 cm³/mol. The van der Waals surface area contributed by atoms with Crippen LogP contribution in [0.4, 0.5) is 0 Å². The minimum Gasteiger partial charge on any atom is -0.394 e. The molecule has 2 aromatic heterocycles. The molecule has 5 heteroatoms. The van der Waals surface area contributed by atoms with Crippen LogP contribution < -0.4 is 5.43 Å². The van der Waals surface area contributed by atoms with Crippen LogP contribution in [0.5, 0.6) is 0 Å². The molecule has 2 aromatic rings. The van der Waals surface area contributed by atoms with E-state index in [9.17, 15) is 0 Å². The van der Waals surface area contributed by atoms with Crippen LogP contribution in [0.15, 0.2) is 36.9 Å². The van der Waals surface area contributed by atoms with Gasteiger partial charge in [-0.2, -0.15) is 5.10 Å². The number of nitrogens with zero attached hydrogens (tertiary/aromatic N) is 3. The van der Waals surface area contributed by atoms with Crippen molar-refractivity contribution in [2.45, 2.75) is 13.1 Å². The molecule has 0 amide bonds. The van der Waals surface area contributed by atoms with Crippen LogP contribution in [-0.4, -0.2) is 26.2 Å². The molecule has 0 spiro atoms. The Morgan fingerprint density at radius 2 is 2.13 bits per heavy atom. The second-order valence-corrected chi connectivity index (χ2v) is 3.26. The monoisotopic (exact) mass is 206 g/mol. The van der Waals surface area contributed by atoms with Crippen molar-refractivity contribution in [3.8, 4) is 0 Å². The van der Waals surface area contributed by atoms with E-state index in [-0.39, 0.29) is 6.61 Å². The maximum atomic E-state index is 8.73. The lowest BCUT2D eigenvalue weighted by Gasteiger charge is -2.04. The fourth-order valence-electron chi connectivity index (χ4n) is 1.34. The average Bonchev–Trinajstić information content (AvgIpc) is 2.85. The summed E-state index contributed by atoms with van der Waals surface area (Å²) in [6.45, 7) is 1.38. The van der Waals surface area contributed by atoms with Crippen molar-refractivity contribution in [2.75, 3.05) is 12.0 Å². The number of aromatic nitrogens is 3. The van der Waals surface area contributed by atoms with Crippen LogP contribution in [0, 0.1) is 0 Å². The fourth-order valence-corrected chi connectivity index (χ4v) is 1.34. The molecule has 0 aliphatic rings. The van der Waals surface area contributed by atoms with Crippen molar-refractivity contribution in [1.82, 2.24) is 14.5 Å². The lowest BCUT2D eigenvalue weighted by Crippen LogP contribution is -2.11. The highest BCUT2D eigenvalue weighted by molar-refractivity contribution is 5.06. The molecular weight excluding hydrogens is 192 g/mol. The summed E-state index contributed by atoms with van der Waals surface area (Å²) in [6.07, 6.45) is 7.61. The van der Waals surface area contributed by atoms with Gasteiger partial charge in [0.05, 0.1) is 25.9 Å². The number of aliphatic hydroxyl groups is 1. The Morgan fingerprint density at radius 3 is 2.87 bits per heavy atom. The zero-order valence-electron chi connectivity index (χ0n) is 8.37. The van der Waals surface area contributed by atoms with Gasteiger partial charge < -0.3 is 10.5 Å². The maximum absolute atomic E-state index is 8.73. The number of hydrogen-bond acceptors (Lipinski definition) is 3. The molecule has 0 aromatic carbocycles. The Morgan fingerprint density at radius 1 is 1.33 bits per heavy atom. The second-order valence-electron chi connectivity index (χ2n) is 3.26. The molecule has 0 saturated carbocycles. The van der Waals surface area contributed by atoms with Crippen LogP contribution in [0.1, 0.15) is 5.56 Å². The summed E-state index contributed by atoms with van der Waals surface area (Å²) < 4.78 is 3.62. The molecular formula is C10H14N4O. The lowest BCUT2D eigenvalue weighted by molar-refractivity contribution is 0.269. The molecule has 0 fully saturated rings. The van der Waals surface area contributed by atoms with Crippen LogP contribution in [0.2, 0.25) is 0 Å². The van der Waals surface area contributed by atoms with Gasteiger partial charge in [-0.3, -0.25) is 9.36 Å². The Kier molecular flexibility index (Phi) is 3.04. The highest BCUT2D eigenvalue weighted by atomic mass is 16.3. The summed E-state index contributed by atoms with van der Waals surface area (Å²) in [5, 5.41) is 12.8. The molecule has 0 atom stereocenters. The van der Waals surface area contributed by atoms with Gasteiger partial charge in [-0.05, 0) is 12.1 Å². The van der Waals surface area contributed by atoms with Crippen molar-refractivity contribution in [3.63, 3.8) is 0 Å². The molecule has 2 heterocycles. The second kappa shape index (κ2) is 4.65. The van der Waals surface area contributed by atoms with E-state index in [4.69, 9.17) is 5.11 Å². The molecule has 0 aliphatic carbocycles. The zero-order valence-corrected chi connectivity index (χ0v) is 8.37. The summed E-state index contributed by atoms with van der Waals surface area (Å²) in [4.78, 5) is 0. The van der Waals surface area contributed by atoms with Crippen LogP contribution >= 0.6 is 0 Å². The van der Waals surface area contributed by atoms with Crippen molar-refractivity contribution in [3.05, 3.63) is 42.5 Å². The molecule has 15 heavy (non-hydrogen) atoms. The van der Waals surface area contributed by atoms with Crippen molar-refractivity contribution in [1.29, 1.82) is 0 Å². The molecule has 0 radical (unpaired) electrons. The van der Waals surface area contributed by atoms with Crippen molar-refractivity contribution < 1.29 is 5.11 Å². The SMILES string of the molecule is OCCn1cc(CNn2cccc2)cn1. The highest BCUT2D eigenvalue weighted by Crippen LogP contribution is 1.98. The van der Waals surface area contributed by atoms with E-state index in [2.05, 4.69) is 10.5 Å². The van der Waals surface area contributed by atoms with Gasteiger partial charge in [0, 0.05) is 24.2 Å². The van der Waals surface area contributed by atoms with Gasteiger partial charge in [0.15, 0.2) is 0 Å². The van der Waals surface area contributed by atoms with Gasteiger partial charge in [-0.1, -0.05) is 0 Å². The predicted octanol–water partition coefficient (Wildman–Crippen LogP) is 0.421. The fraction of sp³-hybridized carbons (Fsp3) is 0.300. The number of nitrogens with one attached hydrogen (secondary N) is 1. The molecule has 0 bridgehead atoms. The Bertz CT molecular complexity index is 393. The summed E-state index contributed by atoms with van der Waals surface area (Å²) in [6, 6.07) is 3.92. The molecule has 0 aliphatic heterocycles. The van der Waals surface area contributed by atoms with Gasteiger partial charge in [0.25, 0.3) is 0 Å². The number of aliphatic hydroxyl groups excluding tert-OH is 1. The maximum Gasteiger partial charge on any atom is 0.0640 e. The third-order valence-electron chi connectivity index (χ3n) is 2.09. The zero-order chi connectivity index (χ0) is 10.5. The smallest absolute Gasteiger partial charge is 0.0640 e. The van der Waals surface area contributed by atoms with Crippen LogP contribution in [0.3, 0.4) is 0 Å². The minimum absolute atomic E-state index is 0.117. The summed E-state index contributed by atoms with van der Waals surface area (Å²) in [7, 11) is 0. The van der Waals surface area contributed by atoms with E-state index in [1.165, 1.54) is 0 Å². The normalized spacial score (nSPS) is 10.5. The van der Waals surface area contributed by atoms with E-state index in [0.29, 0.717) is 6.54 Å². The first-order valence-electron chi connectivity index (χ1n) is 4.87. The first kappa shape index (κ1) is 9.79. The van der Waals surface area contributed by atoms with Gasteiger partial charge in [0.2, 0.25) is 0 Å². The summed E-state index contributed by atoms with van der Waals surface area (Å²) >= 11 is 0. The first-order chi connectivity index (χ1) is 7.38. The van der Waals surface area contributed by atoms with Crippen molar-refractivity contribution >= 4 is 0 Å². The number of rotatable bonds is 5. The summed E-state index contributed by atoms with van der Waals surface area (Å²) in [5.74, 6) is 0. The van der Waals surface area contributed by atoms with Gasteiger partial charge >= 0.3 is 0 Å². The average molecular weight is 206 g/mol. The van der Waals surface area contributed by atoms with E-state index in [1.54, 1.807) is 10.9 Å². The summed E-state index contributed by atoms with van der Waals surface area (Å²) in [5.41, 5.74) is 4.29. The van der Waals surface area contributed by atoms with E-state index in [1.807, 2.05) is 35.4 Å². The molecule has 2 rings (SSSR count). The largest absolute Gasteiger partial charge is 0.394 e. The lowest BCUT2D eigenvalue weighted by atomic mass is 10.4. The Balaban J connectivity index is 1.88. The Labute approximate surface area is 87.9 Å². The quantitative estimate of drug-likeness (QED) is 0.745. The minimum atomic E-state index is 0.117. The van der Waals surface area contributed by atoms with Crippen LogP contribution in [-0.2, 0) is 13.1 Å². The van der Waals surface area contributed by atoms with Crippen LogP contribution in [0.25, 0.3) is 0 Å². The molecule has 5 nitrogen and oxygen atoms in total.